The number of aliphatic imine (C=N–C) groups is 1. The first-order valence-corrected chi connectivity index (χ1v) is 11.1. The van der Waals surface area contributed by atoms with Crippen molar-refractivity contribution >= 4 is 36.0 Å². The highest BCUT2D eigenvalue weighted by Gasteiger charge is 2.36. The van der Waals surface area contributed by atoms with Crippen LogP contribution in [0.5, 0.6) is 0 Å². The summed E-state index contributed by atoms with van der Waals surface area (Å²) >= 11 is 0. The molecule has 1 amide bonds. The Morgan fingerprint density at radius 1 is 1.16 bits per heavy atom. The zero-order chi connectivity index (χ0) is 21.4. The quantitative estimate of drug-likeness (QED) is 0.401. The Morgan fingerprint density at radius 2 is 1.94 bits per heavy atom. The van der Waals surface area contributed by atoms with Gasteiger partial charge >= 0.3 is 6.09 Å². The van der Waals surface area contributed by atoms with E-state index in [1.54, 1.807) is 4.90 Å². The normalized spacial score (nSPS) is 18.2. The van der Waals surface area contributed by atoms with Gasteiger partial charge in [0.25, 0.3) is 0 Å². The highest BCUT2D eigenvalue weighted by molar-refractivity contribution is 14.0. The largest absolute Gasteiger partial charge is 0.444 e. The molecule has 0 aromatic heterocycles. The number of hydrogen-bond donors (Lipinski definition) is 1. The van der Waals surface area contributed by atoms with Crippen LogP contribution in [0.2, 0.25) is 0 Å². The van der Waals surface area contributed by atoms with E-state index in [0.717, 1.165) is 58.1 Å². The molecular weight excluding hydrogens is 507 g/mol. The Hall–Kier alpha value is -1.55. The second kappa shape index (κ2) is 12.5. The van der Waals surface area contributed by atoms with Gasteiger partial charge in [0.15, 0.2) is 5.96 Å². The predicted octanol–water partition coefficient (Wildman–Crippen LogP) is 3.52. The summed E-state index contributed by atoms with van der Waals surface area (Å²) in [7, 11) is 0. The molecule has 0 radical (unpaired) electrons. The van der Waals surface area contributed by atoms with Gasteiger partial charge in [0.2, 0.25) is 0 Å². The molecule has 2 heterocycles. The van der Waals surface area contributed by atoms with Gasteiger partial charge in [0.1, 0.15) is 5.60 Å². The second-order valence-electron chi connectivity index (χ2n) is 8.92. The number of benzene rings is 1. The van der Waals surface area contributed by atoms with E-state index in [4.69, 9.17) is 9.47 Å². The molecule has 8 heteroatoms. The molecule has 174 valence electrons. The fraction of sp³-hybridized carbons (Fsp3) is 0.652. The van der Waals surface area contributed by atoms with Crippen molar-refractivity contribution in [3.05, 3.63) is 35.9 Å². The van der Waals surface area contributed by atoms with E-state index in [2.05, 4.69) is 39.5 Å². The lowest BCUT2D eigenvalue weighted by Crippen LogP contribution is -2.57. The van der Waals surface area contributed by atoms with E-state index < -0.39 is 5.60 Å². The van der Waals surface area contributed by atoms with Crippen molar-refractivity contribution in [2.24, 2.45) is 4.99 Å². The molecule has 31 heavy (non-hydrogen) atoms. The third kappa shape index (κ3) is 8.48. The molecule has 0 aliphatic carbocycles. The van der Waals surface area contributed by atoms with Crippen molar-refractivity contribution in [1.82, 2.24) is 15.1 Å². The number of fused-ring (bicyclic) bond motifs is 1. The molecule has 1 saturated heterocycles. The molecule has 1 aromatic carbocycles. The van der Waals surface area contributed by atoms with Crippen molar-refractivity contribution in [3.8, 4) is 0 Å². The molecule has 7 nitrogen and oxygen atoms in total. The number of unbranched alkanes of at least 4 members (excludes halogenated alkanes) is 1. The maximum absolute atomic E-state index is 12.3. The minimum Gasteiger partial charge on any atom is -0.444 e. The Morgan fingerprint density at radius 3 is 2.68 bits per heavy atom. The number of piperazine rings is 1. The van der Waals surface area contributed by atoms with Gasteiger partial charge in [0.05, 0.1) is 19.2 Å². The van der Waals surface area contributed by atoms with Crippen molar-refractivity contribution in [2.45, 2.75) is 51.7 Å². The van der Waals surface area contributed by atoms with Crippen LogP contribution in [0.4, 0.5) is 4.79 Å². The summed E-state index contributed by atoms with van der Waals surface area (Å²) < 4.78 is 11.2. The van der Waals surface area contributed by atoms with Gasteiger partial charge in [-0.3, -0.25) is 4.99 Å². The topological polar surface area (TPSA) is 66.4 Å². The van der Waals surface area contributed by atoms with E-state index in [1.807, 2.05) is 26.8 Å². The van der Waals surface area contributed by atoms with E-state index >= 15 is 0 Å². The average molecular weight is 544 g/mol. The van der Waals surface area contributed by atoms with Crippen LogP contribution >= 0.6 is 24.0 Å². The first-order chi connectivity index (χ1) is 14.4. The Bertz CT molecular complexity index is 709. The number of nitrogens with zero attached hydrogens (tertiary/aromatic N) is 3. The molecule has 1 aromatic rings. The Kier molecular flexibility index (Phi) is 10.3. The number of ether oxygens (including phenoxy) is 2. The van der Waals surface area contributed by atoms with Crippen LogP contribution in [0.25, 0.3) is 0 Å². The first kappa shape index (κ1) is 25.7. The Balaban J connectivity index is 0.00000341. The number of carbonyl (C=O) groups excluding carboxylic acids is 1. The summed E-state index contributed by atoms with van der Waals surface area (Å²) in [5, 5.41) is 3.47. The van der Waals surface area contributed by atoms with Gasteiger partial charge in [-0.25, -0.2) is 4.79 Å². The minimum atomic E-state index is -0.460. The summed E-state index contributed by atoms with van der Waals surface area (Å²) in [5.41, 5.74) is 0.859. The van der Waals surface area contributed by atoms with Crippen LogP contribution in [-0.4, -0.2) is 79.4 Å². The van der Waals surface area contributed by atoms with Gasteiger partial charge in [-0.1, -0.05) is 30.3 Å². The molecule has 0 spiro atoms. The van der Waals surface area contributed by atoms with Crippen molar-refractivity contribution in [3.63, 3.8) is 0 Å². The molecule has 0 saturated carbocycles. The summed E-state index contributed by atoms with van der Waals surface area (Å²) in [5.74, 6) is 0.967. The Labute approximate surface area is 203 Å². The van der Waals surface area contributed by atoms with Crippen molar-refractivity contribution in [1.29, 1.82) is 0 Å². The SMILES string of the molecule is CC(C)(C)OC(=O)N1CCN2C(NCCCCOCCc3ccccc3)=NCC2C1.I. The lowest BCUT2D eigenvalue weighted by atomic mass is 10.2. The molecule has 1 atom stereocenters. The summed E-state index contributed by atoms with van der Waals surface area (Å²) in [6.45, 7) is 11.0. The predicted molar refractivity (Wildman–Crippen MR) is 134 cm³/mol. The van der Waals surface area contributed by atoms with Crippen LogP contribution in [0.15, 0.2) is 35.3 Å². The first-order valence-electron chi connectivity index (χ1n) is 11.1. The lowest BCUT2D eigenvalue weighted by molar-refractivity contribution is 0.0137. The van der Waals surface area contributed by atoms with E-state index in [1.165, 1.54) is 5.56 Å². The number of guanidine groups is 1. The second-order valence-corrected chi connectivity index (χ2v) is 8.92. The van der Waals surface area contributed by atoms with Crippen LogP contribution in [-0.2, 0) is 15.9 Å². The number of rotatable bonds is 8. The van der Waals surface area contributed by atoms with Gasteiger partial charge in [-0.05, 0) is 45.6 Å². The smallest absolute Gasteiger partial charge is 0.410 e. The van der Waals surface area contributed by atoms with Crippen LogP contribution in [0, 0.1) is 0 Å². The fourth-order valence-corrected chi connectivity index (χ4v) is 3.69. The average Bonchev–Trinajstić information content (AvgIpc) is 3.12. The lowest BCUT2D eigenvalue weighted by Gasteiger charge is -2.39. The maximum Gasteiger partial charge on any atom is 0.410 e. The molecule has 0 bridgehead atoms. The molecule has 2 aliphatic heterocycles. The highest BCUT2D eigenvalue weighted by atomic mass is 127. The molecule has 2 aliphatic rings. The number of hydrogen-bond acceptors (Lipinski definition) is 6. The molecule has 1 N–H and O–H groups in total. The summed E-state index contributed by atoms with van der Waals surface area (Å²) in [4.78, 5) is 21.0. The van der Waals surface area contributed by atoms with E-state index in [9.17, 15) is 4.79 Å². The zero-order valence-corrected chi connectivity index (χ0v) is 21.3. The highest BCUT2D eigenvalue weighted by Crippen LogP contribution is 2.18. The van der Waals surface area contributed by atoms with Crippen LogP contribution in [0.1, 0.15) is 39.2 Å². The molecular formula is C23H37IN4O3. The van der Waals surface area contributed by atoms with E-state index in [-0.39, 0.29) is 36.1 Å². The van der Waals surface area contributed by atoms with Crippen LogP contribution in [0.3, 0.4) is 0 Å². The van der Waals surface area contributed by atoms with Gasteiger partial charge in [-0.15, -0.1) is 24.0 Å². The fourth-order valence-electron chi connectivity index (χ4n) is 3.69. The molecule has 3 rings (SSSR count). The molecule has 1 unspecified atom stereocenters. The third-order valence-electron chi connectivity index (χ3n) is 5.23. The van der Waals surface area contributed by atoms with Crippen molar-refractivity contribution in [2.75, 3.05) is 45.9 Å². The van der Waals surface area contributed by atoms with Gasteiger partial charge < -0.3 is 24.6 Å². The number of nitrogens with one attached hydrogen (secondary N) is 1. The number of amides is 1. The summed E-state index contributed by atoms with van der Waals surface area (Å²) in [6.07, 6.45) is 2.82. The number of carbonyl (C=O) groups is 1. The third-order valence-corrected chi connectivity index (χ3v) is 5.23. The summed E-state index contributed by atoms with van der Waals surface area (Å²) in [6, 6.07) is 10.7. The number of halogens is 1. The standard InChI is InChI=1S/C23H36N4O3.HI/c1-23(2,3)30-22(28)26-13-14-27-20(18-26)17-25-21(27)24-12-7-8-15-29-16-11-19-9-5-4-6-10-19;/h4-6,9-10,20H,7-8,11-18H2,1-3H3,(H,24,25);1H. The minimum absolute atomic E-state index is 0. The van der Waals surface area contributed by atoms with Gasteiger partial charge in [0, 0.05) is 32.8 Å². The monoisotopic (exact) mass is 544 g/mol. The van der Waals surface area contributed by atoms with E-state index in [0.29, 0.717) is 13.1 Å². The molecule has 1 fully saturated rings. The van der Waals surface area contributed by atoms with Crippen LogP contribution < -0.4 is 5.32 Å². The maximum atomic E-state index is 12.3. The van der Waals surface area contributed by atoms with Gasteiger partial charge in [-0.2, -0.15) is 0 Å². The zero-order valence-electron chi connectivity index (χ0n) is 19.0. The van der Waals surface area contributed by atoms with Crippen molar-refractivity contribution < 1.29 is 14.3 Å².